The fourth-order valence-electron chi connectivity index (χ4n) is 2.84. The van der Waals surface area contributed by atoms with Gasteiger partial charge in [0.1, 0.15) is 12.4 Å². The average Bonchev–Trinajstić information content (AvgIpc) is 3.25. The number of anilines is 1. The molecule has 1 aliphatic carbocycles. The van der Waals surface area contributed by atoms with Crippen LogP contribution in [-0.2, 0) is 13.0 Å². The SMILES string of the molecule is CCCc1noc(CN(C)C(=O)Nc2c(C)cnn2[C@@H](C)C2CC2)n1. The summed E-state index contributed by atoms with van der Waals surface area (Å²) < 4.78 is 7.12. The third-order valence-corrected chi connectivity index (χ3v) is 4.60. The molecule has 2 aromatic heterocycles. The van der Waals surface area contributed by atoms with Crippen molar-refractivity contribution in [1.82, 2.24) is 24.8 Å². The number of nitrogens with zero attached hydrogens (tertiary/aromatic N) is 5. The molecule has 3 rings (SSSR count). The van der Waals surface area contributed by atoms with Crippen molar-refractivity contribution in [3.63, 3.8) is 0 Å². The van der Waals surface area contributed by atoms with Crippen molar-refractivity contribution in [3.8, 4) is 0 Å². The van der Waals surface area contributed by atoms with Gasteiger partial charge in [0.05, 0.1) is 12.2 Å². The van der Waals surface area contributed by atoms with E-state index in [-0.39, 0.29) is 12.6 Å². The molecule has 25 heavy (non-hydrogen) atoms. The second-order valence-electron chi connectivity index (χ2n) is 6.84. The number of rotatable bonds is 7. The minimum absolute atomic E-state index is 0.219. The number of hydrogen-bond acceptors (Lipinski definition) is 5. The molecule has 0 aliphatic heterocycles. The molecule has 8 nitrogen and oxygen atoms in total. The van der Waals surface area contributed by atoms with Crippen molar-refractivity contribution in [3.05, 3.63) is 23.5 Å². The second-order valence-corrected chi connectivity index (χ2v) is 6.84. The van der Waals surface area contributed by atoms with Gasteiger partial charge in [-0.2, -0.15) is 10.1 Å². The van der Waals surface area contributed by atoms with E-state index in [0.29, 0.717) is 23.7 Å². The molecule has 1 fully saturated rings. The van der Waals surface area contributed by atoms with Crippen LogP contribution in [0.15, 0.2) is 10.7 Å². The molecule has 8 heteroatoms. The Morgan fingerprint density at radius 3 is 2.96 bits per heavy atom. The molecule has 0 unspecified atom stereocenters. The summed E-state index contributed by atoms with van der Waals surface area (Å²) in [5.41, 5.74) is 0.956. The van der Waals surface area contributed by atoms with Crippen LogP contribution in [0.3, 0.4) is 0 Å². The van der Waals surface area contributed by atoms with E-state index in [1.807, 2.05) is 11.6 Å². The van der Waals surface area contributed by atoms with Crippen LogP contribution in [-0.4, -0.2) is 37.9 Å². The van der Waals surface area contributed by atoms with E-state index >= 15 is 0 Å². The zero-order chi connectivity index (χ0) is 18.0. The summed E-state index contributed by atoms with van der Waals surface area (Å²) in [6.07, 6.45) is 5.98. The van der Waals surface area contributed by atoms with Crippen LogP contribution >= 0.6 is 0 Å². The number of carbonyl (C=O) groups excluding carboxylic acids is 1. The lowest BCUT2D eigenvalue weighted by Gasteiger charge is -2.19. The van der Waals surface area contributed by atoms with Crippen molar-refractivity contribution in [2.75, 3.05) is 12.4 Å². The predicted octanol–water partition coefficient (Wildman–Crippen LogP) is 3.16. The highest BCUT2D eigenvalue weighted by molar-refractivity contribution is 5.88. The summed E-state index contributed by atoms with van der Waals surface area (Å²) in [7, 11) is 1.71. The monoisotopic (exact) mass is 346 g/mol. The predicted molar refractivity (Wildman–Crippen MR) is 93.2 cm³/mol. The molecule has 2 amide bonds. The summed E-state index contributed by atoms with van der Waals surface area (Å²) in [6, 6.07) is 0.0740. The van der Waals surface area contributed by atoms with Gasteiger partial charge in [-0.3, -0.25) is 5.32 Å². The minimum atomic E-state index is -0.219. The lowest BCUT2D eigenvalue weighted by atomic mass is 10.2. The van der Waals surface area contributed by atoms with Crippen LogP contribution in [0.4, 0.5) is 10.6 Å². The number of nitrogens with one attached hydrogen (secondary N) is 1. The van der Waals surface area contributed by atoms with E-state index in [1.54, 1.807) is 13.2 Å². The molecular formula is C17H26N6O2. The topological polar surface area (TPSA) is 89.1 Å². The molecule has 2 aromatic rings. The Kier molecular flexibility index (Phi) is 5.06. The standard InChI is InChI=1S/C17H26N6O2/c1-5-6-14-19-15(25-21-14)10-22(4)17(24)20-16-11(2)9-18-23(16)12(3)13-7-8-13/h9,12-13H,5-8,10H2,1-4H3,(H,20,24)/t12-/m0/s1. The maximum absolute atomic E-state index is 12.5. The van der Waals surface area contributed by atoms with Gasteiger partial charge in [0, 0.05) is 19.0 Å². The molecule has 1 atom stereocenters. The zero-order valence-electron chi connectivity index (χ0n) is 15.3. The highest BCUT2D eigenvalue weighted by Gasteiger charge is 2.31. The van der Waals surface area contributed by atoms with Crippen molar-refractivity contribution in [1.29, 1.82) is 0 Å². The molecule has 0 saturated heterocycles. The lowest BCUT2D eigenvalue weighted by Crippen LogP contribution is -2.32. The molecule has 1 aliphatic rings. The van der Waals surface area contributed by atoms with E-state index in [9.17, 15) is 4.79 Å². The van der Waals surface area contributed by atoms with Gasteiger partial charge in [-0.05, 0) is 39.0 Å². The molecule has 0 radical (unpaired) electrons. The average molecular weight is 346 g/mol. The van der Waals surface area contributed by atoms with E-state index in [2.05, 4.69) is 34.4 Å². The van der Waals surface area contributed by atoms with Gasteiger partial charge in [0.25, 0.3) is 0 Å². The summed E-state index contributed by atoms with van der Waals surface area (Å²) in [5.74, 6) is 2.53. The molecule has 1 N–H and O–H groups in total. The number of amides is 2. The van der Waals surface area contributed by atoms with E-state index in [4.69, 9.17) is 4.52 Å². The maximum atomic E-state index is 12.5. The highest BCUT2D eigenvalue weighted by atomic mass is 16.5. The largest absolute Gasteiger partial charge is 0.337 e. The number of hydrogen-bond donors (Lipinski definition) is 1. The van der Waals surface area contributed by atoms with Gasteiger partial charge in [0.2, 0.25) is 5.89 Å². The van der Waals surface area contributed by atoms with Crippen molar-refractivity contribution >= 4 is 11.8 Å². The Bertz CT molecular complexity index is 733. The van der Waals surface area contributed by atoms with Crippen LogP contribution in [0.1, 0.15) is 56.4 Å². The smallest absolute Gasteiger partial charge is 0.323 e. The summed E-state index contributed by atoms with van der Waals surface area (Å²) >= 11 is 0. The highest BCUT2D eigenvalue weighted by Crippen LogP contribution is 2.40. The number of aryl methyl sites for hydroxylation is 2. The fraction of sp³-hybridized carbons (Fsp3) is 0.647. The molecule has 0 bridgehead atoms. The first kappa shape index (κ1) is 17.4. The first-order valence-electron chi connectivity index (χ1n) is 8.87. The van der Waals surface area contributed by atoms with Gasteiger partial charge in [0.15, 0.2) is 5.82 Å². The fourth-order valence-corrected chi connectivity index (χ4v) is 2.84. The third-order valence-electron chi connectivity index (χ3n) is 4.60. The third kappa shape index (κ3) is 4.00. The second kappa shape index (κ2) is 7.25. The molecule has 1 saturated carbocycles. The van der Waals surface area contributed by atoms with Gasteiger partial charge in [-0.15, -0.1) is 0 Å². The van der Waals surface area contributed by atoms with Crippen molar-refractivity contribution < 1.29 is 9.32 Å². The summed E-state index contributed by atoms with van der Waals surface area (Å²) in [5, 5.41) is 11.3. The molecule has 0 spiro atoms. The van der Waals surface area contributed by atoms with E-state index in [1.165, 1.54) is 17.7 Å². The van der Waals surface area contributed by atoms with Crippen LogP contribution < -0.4 is 5.32 Å². The first-order chi connectivity index (χ1) is 12.0. The summed E-state index contributed by atoms with van der Waals surface area (Å²) in [4.78, 5) is 18.4. The van der Waals surface area contributed by atoms with Gasteiger partial charge < -0.3 is 9.42 Å². The Hall–Kier alpha value is -2.38. The van der Waals surface area contributed by atoms with Crippen molar-refractivity contribution in [2.45, 2.75) is 59.0 Å². The Morgan fingerprint density at radius 2 is 2.28 bits per heavy atom. The number of aromatic nitrogens is 4. The first-order valence-corrected chi connectivity index (χ1v) is 8.87. The van der Waals surface area contributed by atoms with Gasteiger partial charge in [-0.1, -0.05) is 12.1 Å². The number of carbonyl (C=O) groups is 1. The van der Waals surface area contributed by atoms with Crippen LogP contribution in [0, 0.1) is 12.8 Å². The minimum Gasteiger partial charge on any atom is -0.337 e. The molecule has 2 heterocycles. The quantitative estimate of drug-likeness (QED) is 0.832. The van der Waals surface area contributed by atoms with Crippen LogP contribution in [0.5, 0.6) is 0 Å². The zero-order valence-corrected chi connectivity index (χ0v) is 15.3. The van der Waals surface area contributed by atoms with Gasteiger partial charge >= 0.3 is 6.03 Å². The Morgan fingerprint density at radius 1 is 1.52 bits per heavy atom. The Balaban J connectivity index is 1.64. The van der Waals surface area contributed by atoms with Crippen molar-refractivity contribution in [2.24, 2.45) is 5.92 Å². The van der Waals surface area contributed by atoms with E-state index in [0.717, 1.165) is 24.2 Å². The lowest BCUT2D eigenvalue weighted by molar-refractivity contribution is 0.212. The molecule has 0 aromatic carbocycles. The van der Waals surface area contributed by atoms with Gasteiger partial charge in [-0.25, -0.2) is 9.48 Å². The molecule has 136 valence electrons. The normalized spacial score (nSPS) is 15.2. The molecular weight excluding hydrogens is 320 g/mol. The van der Waals surface area contributed by atoms with Crippen LogP contribution in [0.25, 0.3) is 0 Å². The number of urea groups is 1. The van der Waals surface area contributed by atoms with Crippen LogP contribution in [0.2, 0.25) is 0 Å². The maximum Gasteiger partial charge on any atom is 0.323 e. The summed E-state index contributed by atoms with van der Waals surface area (Å²) in [6.45, 7) is 6.43. The Labute approximate surface area is 147 Å². The van der Waals surface area contributed by atoms with E-state index < -0.39 is 0 Å².